The zero-order valence-electron chi connectivity index (χ0n) is 8.79. The third-order valence-corrected chi connectivity index (χ3v) is 3.10. The molecule has 1 aliphatic rings. The Morgan fingerprint density at radius 1 is 1.47 bits per heavy atom. The Labute approximate surface area is 87.7 Å². The maximum absolute atomic E-state index is 11.7. The monoisotopic (exact) mass is 202 g/mol. The van der Waals surface area contributed by atoms with E-state index in [1.54, 1.807) is 0 Å². The first kappa shape index (κ1) is 8.77. The van der Waals surface area contributed by atoms with E-state index in [9.17, 15) is 4.79 Å². The van der Waals surface area contributed by atoms with Crippen LogP contribution >= 0.6 is 0 Å². The molecule has 1 N–H and O–H groups in total. The Morgan fingerprint density at radius 3 is 2.93 bits per heavy atom. The SMILES string of the molecule is CCc1ccc2[nH]c(=O)n(C3CC3)c2c1. The minimum absolute atomic E-state index is 0.0424. The smallest absolute Gasteiger partial charge is 0.306 e. The molecule has 0 atom stereocenters. The van der Waals surface area contributed by atoms with Gasteiger partial charge in [-0.2, -0.15) is 0 Å². The maximum Gasteiger partial charge on any atom is 0.326 e. The van der Waals surface area contributed by atoms with Gasteiger partial charge < -0.3 is 4.98 Å². The summed E-state index contributed by atoms with van der Waals surface area (Å²) in [5.74, 6) is 0. The molecule has 1 aliphatic carbocycles. The van der Waals surface area contributed by atoms with Crippen molar-refractivity contribution in [1.29, 1.82) is 0 Å². The summed E-state index contributed by atoms with van der Waals surface area (Å²) >= 11 is 0. The first-order chi connectivity index (χ1) is 7.29. The van der Waals surface area contributed by atoms with Crippen LogP contribution in [-0.4, -0.2) is 9.55 Å². The highest BCUT2D eigenvalue weighted by molar-refractivity contribution is 5.76. The Hall–Kier alpha value is -1.51. The lowest BCUT2D eigenvalue weighted by molar-refractivity contribution is 0.733. The van der Waals surface area contributed by atoms with Gasteiger partial charge in [0.1, 0.15) is 0 Å². The Balaban J connectivity index is 2.31. The molecule has 2 aromatic rings. The number of aromatic nitrogens is 2. The van der Waals surface area contributed by atoms with Crippen LogP contribution in [0.5, 0.6) is 0 Å². The summed E-state index contributed by atoms with van der Waals surface area (Å²) in [7, 11) is 0. The van der Waals surface area contributed by atoms with Crippen molar-refractivity contribution in [2.24, 2.45) is 0 Å². The fourth-order valence-electron chi connectivity index (χ4n) is 2.08. The van der Waals surface area contributed by atoms with Gasteiger partial charge in [-0.25, -0.2) is 4.79 Å². The van der Waals surface area contributed by atoms with Gasteiger partial charge in [-0.05, 0) is 37.0 Å². The molecule has 0 saturated heterocycles. The number of aryl methyl sites for hydroxylation is 1. The third kappa shape index (κ3) is 1.30. The molecule has 0 radical (unpaired) electrons. The van der Waals surface area contributed by atoms with Crippen molar-refractivity contribution in [2.45, 2.75) is 32.2 Å². The average Bonchev–Trinajstić information content (AvgIpc) is 3.00. The normalized spacial score (nSPS) is 16.1. The largest absolute Gasteiger partial charge is 0.326 e. The first-order valence-electron chi connectivity index (χ1n) is 5.52. The summed E-state index contributed by atoms with van der Waals surface area (Å²) in [5, 5.41) is 0. The third-order valence-electron chi connectivity index (χ3n) is 3.10. The fourth-order valence-corrected chi connectivity index (χ4v) is 2.08. The number of imidazole rings is 1. The van der Waals surface area contributed by atoms with E-state index in [-0.39, 0.29) is 5.69 Å². The van der Waals surface area contributed by atoms with Crippen LogP contribution < -0.4 is 5.69 Å². The molecule has 1 heterocycles. The molecule has 0 bridgehead atoms. The summed E-state index contributed by atoms with van der Waals surface area (Å²) in [4.78, 5) is 14.6. The van der Waals surface area contributed by atoms with Crippen LogP contribution in [-0.2, 0) is 6.42 Å². The van der Waals surface area contributed by atoms with Crippen molar-refractivity contribution in [2.75, 3.05) is 0 Å². The topological polar surface area (TPSA) is 37.8 Å². The molecule has 78 valence electrons. The molecular formula is C12H14N2O. The van der Waals surface area contributed by atoms with Crippen LogP contribution in [0.25, 0.3) is 11.0 Å². The Morgan fingerprint density at radius 2 is 2.27 bits per heavy atom. The van der Waals surface area contributed by atoms with Crippen molar-refractivity contribution >= 4 is 11.0 Å². The number of H-pyrrole nitrogens is 1. The zero-order valence-corrected chi connectivity index (χ0v) is 8.79. The number of benzene rings is 1. The predicted octanol–water partition coefficient (Wildman–Crippen LogP) is 2.23. The van der Waals surface area contributed by atoms with Gasteiger partial charge in [0.2, 0.25) is 0 Å². The Kier molecular flexibility index (Phi) is 1.75. The van der Waals surface area contributed by atoms with E-state index in [1.807, 2.05) is 10.6 Å². The number of nitrogens with zero attached hydrogens (tertiary/aromatic N) is 1. The number of fused-ring (bicyclic) bond motifs is 1. The molecule has 3 rings (SSSR count). The average molecular weight is 202 g/mol. The van der Waals surface area contributed by atoms with Gasteiger partial charge in [0.05, 0.1) is 11.0 Å². The second-order valence-electron chi connectivity index (χ2n) is 4.24. The van der Waals surface area contributed by atoms with E-state index in [0.29, 0.717) is 6.04 Å². The fraction of sp³-hybridized carbons (Fsp3) is 0.417. The van der Waals surface area contributed by atoms with Crippen LogP contribution in [0.1, 0.15) is 31.4 Å². The van der Waals surface area contributed by atoms with Crippen molar-refractivity contribution < 1.29 is 0 Å². The van der Waals surface area contributed by atoms with Crippen LogP contribution in [0.3, 0.4) is 0 Å². The molecule has 1 aromatic carbocycles. The molecule has 0 spiro atoms. The van der Waals surface area contributed by atoms with Crippen LogP contribution in [0.15, 0.2) is 23.0 Å². The van der Waals surface area contributed by atoms with E-state index in [0.717, 1.165) is 30.3 Å². The van der Waals surface area contributed by atoms with Crippen LogP contribution in [0.2, 0.25) is 0 Å². The van der Waals surface area contributed by atoms with Gasteiger partial charge in [0.15, 0.2) is 0 Å². The highest BCUT2D eigenvalue weighted by atomic mass is 16.1. The predicted molar refractivity (Wildman–Crippen MR) is 60.2 cm³/mol. The lowest BCUT2D eigenvalue weighted by atomic mass is 10.1. The molecule has 1 aromatic heterocycles. The number of aromatic amines is 1. The molecule has 1 saturated carbocycles. The molecular weight excluding hydrogens is 188 g/mol. The van der Waals surface area contributed by atoms with E-state index < -0.39 is 0 Å². The number of rotatable bonds is 2. The maximum atomic E-state index is 11.7. The van der Waals surface area contributed by atoms with Crippen molar-refractivity contribution in [1.82, 2.24) is 9.55 Å². The van der Waals surface area contributed by atoms with E-state index in [4.69, 9.17) is 0 Å². The van der Waals surface area contributed by atoms with E-state index >= 15 is 0 Å². The van der Waals surface area contributed by atoms with Crippen molar-refractivity contribution in [3.63, 3.8) is 0 Å². The van der Waals surface area contributed by atoms with E-state index in [2.05, 4.69) is 24.0 Å². The number of hydrogen-bond acceptors (Lipinski definition) is 1. The van der Waals surface area contributed by atoms with Crippen LogP contribution in [0, 0.1) is 0 Å². The lowest BCUT2D eigenvalue weighted by Crippen LogP contribution is -2.14. The van der Waals surface area contributed by atoms with Gasteiger partial charge >= 0.3 is 5.69 Å². The van der Waals surface area contributed by atoms with Gasteiger partial charge in [-0.15, -0.1) is 0 Å². The lowest BCUT2D eigenvalue weighted by Gasteiger charge is -2.01. The molecule has 0 aliphatic heterocycles. The summed E-state index contributed by atoms with van der Waals surface area (Å²) in [6.45, 7) is 2.13. The van der Waals surface area contributed by atoms with E-state index in [1.165, 1.54) is 5.56 Å². The van der Waals surface area contributed by atoms with Gasteiger partial charge in [-0.3, -0.25) is 4.57 Å². The summed E-state index contributed by atoms with van der Waals surface area (Å²) in [5.41, 5.74) is 3.36. The second-order valence-corrected chi connectivity index (χ2v) is 4.24. The number of nitrogens with one attached hydrogen (secondary N) is 1. The summed E-state index contributed by atoms with van der Waals surface area (Å²) < 4.78 is 1.91. The van der Waals surface area contributed by atoms with Gasteiger partial charge in [0.25, 0.3) is 0 Å². The zero-order chi connectivity index (χ0) is 10.4. The standard InChI is InChI=1S/C12H14N2O/c1-2-8-3-6-10-11(7-8)14(9-4-5-9)12(15)13-10/h3,6-7,9H,2,4-5H2,1H3,(H,13,15). The summed E-state index contributed by atoms with van der Waals surface area (Å²) in [6.07, 6.45) is 3.30. The molecule has 0 amide bonds. The Bertz CT molecular complexity index is 560. The molecule has 3 heteroatoms. The minimum atomic E-state index is 0.0424. The quantitative estimate of drug-likeness (QED) is 0.796. The summed E-state index contributed by atoms with van der Waals surface area (Å²) in [6, 6.07) is 6.66. The molecule has 15 heavy (non-hydrogen) atoms. The van der Waals surface area contributed by atoms with Gasteiger partial charge in [0, 0.05) is 6.04 Å². The highest BCUT2D eigenvalue weighted by Gasteiger charge is 2.27. The van der Waals surface area contributed by atoms with Gasteiger partial charge in [-0.1, -0.05) is 13.0 Å². The highest BCUT2D eigenvalue weighted by Crippen LogP contribution is 2.35. The minimum Gasteiger partial charge on any atom is -0.306 e. The van der Waals surface area contributed by atoms with Crippen molar-refractivity contribution in [3.8, 4) is 0 Å². The van der Waals surface area contributed by atoms with Crippen LogP contribution in [0.4, 0.5) is 0 Å². The number of hydrogen-bond donors (Lipinski definition) is 1. The second kappa shape index (κ2) is 2.99. The molecule has 3 nitrogen and oxygen atoms in total. The first-order valence-corrected chi connectivity index (χ1v) is 5.52. The van der Waals surface area contributed by atoms with Crippen molar-refractivity contribution in [3.05, 3.63) is 34.2 Å². The molecule has 1 fully saturated rings. The molecule has 0 unspecified atom stereocenters.